The highest BCUT2D eigenvalue weighted by Crippen LogP contribution is 2.28. The Labute approximate surface area is 77.2 Å². The minimum Gasteiger partial charge on any atom is -0.374 e. The highest BCUT2D eigenvalue weighted by molar-refractivity contribution is 7.51. The van der Waals surface area contributed by atoms with E-state index in [4.69, 9.17) is 0 Å². The fourth-order valence-corrected chi connectivity index (χ4v) is 2.23. The Morgan fingerprint density at radius 3 is 1.50 bits per heavy atom. The van der Waals surface area contributed by atoms with Crippen LogP contribution in [0.1, 0.15) is 0 Å². The van der Waals surface area contributed by atoms with Crippen LogP contribution in [0.4, 0.5) is 0 Å². The maximum Gasteiger partial charge on any atom is 0.0277 e. The summed E-state index contributed by atoms with van der Waals surface area (Å²) in [4.78, 5) is 13.8. The van der Waals surface area contributed by atoms with E-state index in [1.807, 2.05) is 28.2 Å². The molecule has 0 spiro atoms. The van der Waals surface area contributed by atoms with Crippen molar-refractivity contribution in [3.8, 4) is 0 Å². The number of rotatable bonds is 6. The molecule has 1 N–H and O–H groups in total. The van der Waals surface area contributed by atoms with Crippen molar-refractivity contribution in [3.05, 3.63) is 0 Å². The molecule has 0 aliphatic heterocycles. The summed E-state index contributed by atoms with van der Waals surface area (Å²) in [6.07, 6.45) is 1.88. The minimum absolute atomic E-state index is 0.729. The summed E-state index contributed by atoms with van der Waals surface area (Å²) in [6.45, 7) is 1.99. The molecule has 4 heteroatoms. The first kappa shape index (κ1) is 12.3. The van der Waals surface area contributed by atoms with Gasteiger partial charge in [0.05, 0.1) is 0 Å². The van der Waals surface area contributed by atoms with Crippen LogP contribution >= 0.6 is 8.15 Å². The molecule has 74 valence electrons. The molecule has 0 aliphatic rings. The van der Waals surface area contributed by atoms with Crippen LogP contribution in [0.25, 0.3) is 0 Å². The molecule has 0 saturated carbocycles. The Morgan fingerprint density at radius 1 is 0.917 bits per heavy atom. The average Bonchev–Trinajstić information content (AvgIpc) is 1.96. The molecule has 0 aromatic carbocycles. The zero-order valence-corrected chi connectivity index (χ0v) is 9.51. The summed E-state index contributed by atoms with van der Waals surface area (Å²) in [6, 6.07) is 0. The lowest BCUT2D eigenvalue weighted by Crippen LogP contribution is -2.19. The third-order valence-corrected chi connectivity index (χ3v) is 3.04. The van der Waals surface area contributed by atoms with Crippen molar-refractivity contribution in [1.29, 1.82) is 0 Å². The van der Waals surface area contributed by atoms with Gasteiger partial charge in [0.15, 0.2) is 0 Å². The molecule has 0 aliphatic carbocycles. The summed E-state index contributed by atoms with van der Waals surface area (Å²) >= 11 is 0. The minimum atomic E-state index is -0.729. The lowest BCUT2D eigenvalue weighted by atomic mass is 10.7. The normalized spacial score (nSPS) is 12.0. The van der Waals surface area contributed by atoms with Crippen LogP contribution in [0.5, 0.6) is 0 Å². The largest absolute Gasteiger partial charge is 0.374 e. The topological polar surface area (TPSA) is 26.7 Å². The standard InChI is InChI=1S/C8H21N2OP/c1-9(2)5-7-12(11)8-6-10(3)4/h11H,5-8H2,1-4H3. The second-order valence-corrected chi connectivity index (χ2v) is 5.47. The Kier molecular flexibility index (Phi) is 6.96. The van der Waals surface area contributed by atoms with Gasteiger partial charge in [-0.1, -0.05) is 0 Å². The van der Waals surface area contributed by atoms with Gasteiger partial charge >= 0.3 is 0 Å². The lowest BCUT2D eigenvalue weighted by molar-refractivity contribution is 0.422. The van der Waals surface area contributed by atoms with Crippen LogP contribution in [0.2, 0.25) is 0 Å². The van der Waals surface area contributed by atoms with Gasteiger partial charge in [0.2, 0.25) is 0 Å². The first-order chi connectivity index (χ1) is 5.52. The van der Waals surface area contributed by atoms with Gasteiger partial charge in [0.25, 0.3) is 0 Å². The third kappa shape index (κ3) is 8.41. The average molecular weight is 192 g/mol. The van der Waals surface area contributed by atoms with Crippen molar-refractivity contribution in [2.75, 3.05) is 53.6 Å². The zero-order valence-electron chi connectivity index (χ0n) is 8.62. The molecule has 0 heterocycles. The van der Waals surface area contributed by atoms with E-state index in [0.29, 0.717) is 0 Å². The summed E-state index contributed by atoms with van der Waals surface area (Å²) < 4.78 is 0. The fourth-order valence-electron chi connectivity index (χ4n) is 0.743. The fraction of sp³-hybridized carbons (Fsp3) is 1.00. The summed E-state index contributed by atoms with van der Waals surface area (Å²) in [7, 11) is 7.42. The van der Waals surface area contributed by atoms with E-state index in [2.05, 4.69) is 9.80 Å². The van der Waals surface area contributed by atoms with Gasteiger partial charge in [-0.05, 0) is 28.2 Å². The Bertz CT molecular complexity index is 97.2. The third-order valence-electron chi connectivity index (χ3n) is 1.61. The molecule has 12 heavy (non-hydrogen) atoms. The molecular weight excluding hydrogens is 171 g/mol. The van der Waals surface area contributed by atoms with Crippen molar-refractivity contribution in [2.24, 2.45) is 0 Å². The molecular formula is C8H21N2OP. The van der Waals surface area contributed by atoms with Crippen LogP contribution in [0.3, 0.4) is 0 Å². The molecule has 0 aromatic rings. The van der Waals surface area contributed by atoms with Crippen LogP contribution in [0.15, 0.2) is 0 Å². The monoisotopic (exact) mass is 192 g/mol. The second-order valence-electron chi connectivity index (χ2n) is 3.56. The maximum absolute atomic E-state index is 9.56. The predicted octanol–water partition coefficient (Wildman–Crippen LogP) is 0.499. The summed E-state index contributed by atoms with van der Waals surface area (Å²) in [5.74, 6) is 0. The predicted molar refractivity (Wildman–Crippen MR) is 56.0 cm³/mol. The van der Waals surface area contributed by atoms with Gasteiger partial charge in [-0.2, -0.15) is 0 Å². The number of hydrogen-bond acceptors (Lipinski definition) is 3. The molecule has 0 atom stereocenters. The van der Waals surface area contributed by atoms with E-state index in [0.717, 1.165) is 25.4 Å². The van der Waals surface area contributed by atoms with Crippen LogP contribution in [-0.2, 0) is 0 Å². The van der Waals surface area contributed by atoms with Crippen LogP contribution < -0.4 is 0 Å². The molecule has 0 fully saturated rings. The number of nitrogens with zero attached hydrogens (tertiary/aromatic N) is 2. The van der Waals surface area contributed by atoms with Crippen molar-refractivity contribution in [1.82, 2.24) is 9.80 Å². The first-order valence-corrected chi connectivity index (χ1v) is 5.92. The van der Waals surface area contributed by atoms with Gasteiger partial charge in [-0.25, -0.2) is 0 Å². The highest BCUT2D eigenvalue weighted by atomic mass is 31.1. The smallest absolute Gasteiger partial charge is 0.0277 e. The second kappa shape index (κ2) is 6.79. The van der Waals surface area contributed by atoms with Crippen molar-refractivity contribution >= 4 is 8.15 Å². The molecule has 0 amide bonds. The SMILES string of the molecule is CN(C)CCP(O)CCN(C)C. The van der Waals surface area contributed by atoms with E-state index in [-0.39, 0.29) is 0 Å². The molecule has 0 aromatic heterocycles. The van der Waals surface area contributed by atoms with E-state index in [9.17, 15) is 4.89 Å². The van der Waals surface area contributed by atoms with Crippen molar-refractivity contribution < 1.29 is 4.89 Å². The van der Waals surface area contributed by atoms with Gasteiger partial charge < -0.3 is 14.7 Å². The highest BCUT2D eigenvalue weighted by Gasteiger charge is 2.04. The van der Waals surface area contributed by atoms with E-state index in [1.165, 1.54) is 0 Å². The summed E-state index contributed by atoms with van der Waals surface area (Å²) in [5, 5.41) is 0. The maximum atomic E-state index is 9.56. The molecule has 3 nitrogen and oxygen atoms in total. The molecule has 0 unspecified atom stereocenters. The zero-order chi connectivity index (χ0) is 9.56. The van der Waals surface area contributed by atoms with E-state index >= 15 is 0 Å². The Hall–Kier alpha value is 0.310. The van der Waals surface area contributed by atoms with Crippen molar-refractivity contribution in [2.45, 2.75) is 0 Å². The first-order valence-electron chi connectivity index (χ1n) is 4.25. The number of hydrogen-bond donors (Lipinski definition) is 1. The Morgan fingerprint density at radius 2 is 1.25 bits per heavy atom. The van der Waals surface area contributed by atoms with Crippen LogP contribution in [0, 0.1) is 0 Å². The Balaban J connectivity index is 3.27. The molecule has 0 rings (SSSR count). The van der Waals surface area contributed by atoms with E-state index < -0.39 is 8.15 Å². The van der Waals surface area contributed by atoms with Gasteiger partial charge in [-0.3, -0.25) is 0 Å². The summed E-state index contributed by atoms with van der Waals surface area (Å²) in [5.41, 5.74) is 0. The van der Waals surface area contributed by atoms with Gasteiger partial charge in [-0.15, -0.1) is 0 Å². The van der Waals surface area contributed by atoms with Gasteiger partial charge in [0.1, 0.15) is 0 Å². The van der Waals surface area contributed by atoms with Crippen LogP contribution in [-0.4, -0.2) is 68.3 Å². The van der Waals surface area contributed by atoms with Crippen molar-refractivity contribution in [3.63, 3.8) is 0 Å². The van der Waals surface area contributed by atoms with E-state index in [1.54, 1.807) is 0 Å². The lowest BCUT2D eigenvalue weighted by Gasteiger charge is -2.16. The quantitative estimate of drug-likeness (QED) is 0.621. The van der Waals surface area contributed by atoms with Gasteiger partial charge in [0, 0.05) is 33.6 Å². The molecule has 0 saturated heterocycles. The molecule has 0 radical (unpaired) electrons. The molecule has 0 bridgehead atoms.